The van der Waals surface area contributed by atoms with Crippen LogP contribution in [0, 0.1) is 0 Å². The first kappa shape index (κ1) is 8.64. The van der Waals surface area contributed by atoms with E-state index in [1.165, 1.54) is 0 Å². The maximum atomic E-state index is 11.0. The second-order valence-corrected chi connectivity index (χ2v) is 2.49. The summed E-state index contributed by atoms with van der Waals surface area (Å²) in [5.41, 5.74) is 8.32. The third-order valence-corrected chi connectivity index (χ3v) is 1.66. The minimum atomic E-state index is -0.608. The minimum absolute atomic E-state index is 0.318. The van der Waals surface area contributed by atoms with Gasteiger partial charge in [0.25, 0.3) is 0 Å². The molecule has 0 saturated carbocycles. The molecule has 60 valence electrons. The maximum absolute atomic E-state index is 11.0. The Morgan fingerprint density at radius 3 is 2.75 bits per heavy atom. The van der Waals surface area contributed by atoms with Crippen LogP contribution < -0.4 is 0 Å². The van der Waals surface area contributed by atoms with Gasteiger partial charge in [-0.2, -0.15) is 0 Å². The third kappa shape index (κ3) is 1.78. The van der Waals surface area contributed by atoms with Gasteiger partial charge in [0.2, 0.25) is 5.91 Å². The molecule has 0 fully saturated rings. The van der Waals surface area contributed by atoms with Gasteiger partial charge in [-0.25, -0.2) is 0 Å². The Kier molecular flexibility index (Phi) is 2.74. The van der Waals surface area contributed by atoms with Crippen molar-refractivity contribution in [2.24, 2.45) is 5.11 Å². The zero-order chi connectivity index (χ0) is 8.97. The summed E-state index contributed by atoms with van der Waals surface area (Å²) in [6, 6.07) is 6.64. The van der Waals surface area contributed by atoms with Crippen LogP contribution in [0.1, 0.15) is 10.4 Å². The lowest BCUT2D eigenvalue weighted by Gasteiger charge is -1.96. The highest BCUT2D eigenvalue weighted by atomic mass is 32.1. The summed E-state index contributed by atoms with van der Waals surface area (Å²) in [6.45, 7) is 0. The molecule has 1 aromatic carbocycles. The van der Waals surface area contributed by atoms with Gasteiger partial charge in [0.15, 0.2) is 0 Å². The van der Waals surface area contributed by atoms with E-state index in [2.05, 4.69) is 22.7 Å². The van der Waals surface area contributed by atoms with Gasteiger partial charge >= 0.3 is 0 Å². The average molecular weight is 179 g/mol. The lowest BCUT2D eigenvalue weighted by Crippen LogP contribution is -1.93. The van der Waals surface area contributed by atoms with Crippen molar-refractivity contribution in [2.75, 3.05) is 0 Å². The van der Waals surface area contributed by atoms with Gasteiger partial charge in [-0.1, -0.05) is 18.2 Å². The molecule has 4 nitrogen and oxygen atoms in total. The number of hydrogen-bond donors (Lipinski definition) is 1. The summed E-state index contributed by atoms with van der Waals surface area (Å²) in [6.07, 6.45) is 0. The summed E-state index contributed by atoms with van der Waals surface area (Å²) >= 11 is 4.03. The second kappa shape index (κ2) is 3.80. The highest BCUT2D eigenvalue weighted by molar-refractivity contribution is 7.80. The van der Waals surface area contributed by atoms with Crippen LogP contribution in [0.25, 0.3) is 10.4 Å². The fraction of sp³-hybridized carbons (Fsp3) is 0. The van der Waals surface area contributed by atoms with Crippen LogP contribution in [0.3, 0.4) is 0 Å². The Labute approximate surface area is 74.2 Å². The Balaban J connectivity index is 3.11. The highest BCUT2D eigenvalue weighted by Gasteiger charge is 2.04. The molecule has 0 radical (unpaired) electrons. The molecule has 0 aliphatic carbocycles. The van der Waals surface area contributed by atoms with Gasteiger partial charge in [-0.05, 0) is 16.7 Å². The predicted octanol–water partition coefficient (Wildman–Crippen LogP) is 2.43. The molecular weight excluding hydrogens is 174 g/mol. The Morgan fingerprint density at radius 1 is 1.50 bits per heavy atom. The van der Waals surface area contributed by atoms with Gasteiger partial charge in [0, 0.05) is 15.4 Å². The number of carbonyl (C=O) groups excluding carboxylic acids is 1. The number of azide groups is 1. The van der Waals surface area contributed by atoms with Crippen molar-refractivity contribution in [1.82, 2.24) is 0 Å². The summed E-state index contributed by atoms with van der Waals surface area (Å²) in [4.78, 5) is 13.9. The number of benzene rings is 1. The molecule has 0 saturated heterocycles. The smallest absolute Gasteiger partial charge is 0.250 e. The molecule has 0 aliphatic heterocycles. The molecule has 0 aromatic heterocycles. The van der Waals surface area contributed by atoms with Crippen molar-refractivity contribution in [3.8, 4) is 0 Å². The average Bonchev–Trinajstić information content (AvgIpc) is 2.05. The number of thiol groups is 1. The lowest BCUT2D eigenvalue weighted by atomic mass is 10.2. The van der Waals surface area contributed by atoms with Crippen molar-refractivity contribution < 1.29 is 4.79 Å². The van der Waals surface area contributed by atoms with E-state index >= 15 is 0 Å². The molecule has 0 aliphatic rings. The van der Waals surface area contributed by atoms with Gasteiger partial charge in [-0.15, -0.1) is 12.6 Å². The fourth-order valence-electron chi connectivity index (χ4n) is 0.749. The first-order chi connectivity index (χ1) is 5.75. The molecule has 0 N–H and O–H groups in total. The minimum Gasteiger partial charge on any atom is -0.287 e. The Morgan fingerprint density at radius 2 is 2.17 bits per heavy atom. The van der Waals surface area contributed by atoms with Crippen molar-refractivity contribution in [1.29, 1.82) is 0 Å². The number of amides is 1. The topological polar surface area (TPSA) is 65.8 Å². The van der Waals surface area contributed by atoms with Crippen LogP contribution in [0.4, 0.5) is 0 Å². The van der Waals surface area contributed by atoms with E-state index in [0.29, 0.717) is 10.5 Å². The second-order valence-electron chi connectivity index (χ2n) is 2.01. The molecule has 5 heteroatoms. The van der Waals surface area contributed by atoms with E-state index in [0.717, 1.165) is 0 Å². The first-order valence-electron chi connectivity index (χ1n) is 3.13. The molecule has 0 bridgehead atoms. The maximum Gasteiger partial charge on any atom is 0.250 e. The molecule has 0 spiro atoms. The third-order valence-electron chi connectivity index (χ3n) is 1.27. The molecule has 1 aromatic rings. The number of carbonyl (C=O) groups is 1. The first-order valence-corrected chi connectivity index (χ1v) is 3.58. The van der Waals surface area contributed by atoms with Crippen LogP contribution in [0.15, 0.2) is 34.3 Å². The van der Waals surface area contributed by atoms with E-state index in [9.17, 15) is 4.79 Å². The molecular formula is C7H5N3OS. The van der Waals surface area contributed by atoms with E-state index in [4.69, 9.17) is 5.53 Å². The molecule has 0 atom stereocenters. The lowest BCUT2D eigenvalue weighted by molar-refractivity contribution is 0.0997. The Hall–Kier alpha value is -1.45. The summed E-state index contributed by atoms with van der Waals surface area (Å²) < 4.78 is 0. The largest absolute Gasteiger partial charge is 0.287 e. The van der Waals surface area contributed by atoms with Gasteiger partial charge < -0.3 is 0 Å². The monoisotopic (exact) mass is 179 g/mol. The fourth-order valence-corrected chi connectivity index (χ4v) is 1.01. The van der Waals surface area contributed by atoms with Crippen molar-refractivity contribution in [2.45, 2.75) is 4.90 Å². The van der Waals surface area contributed by atoms with E-state index < -0.39 is 5.91 Å². The quantitative estimate of drug-likeness (QED) is 0.306. The SMILES string of the molecule is [N-]=[N+]=NC(=O)c1ccccc1S. The van der Waals surface area contributed by atoms with Gasteiger partial charge in [0.1, 0.15) is 0 Å². The number of nitrogens with zero attached hydrogens (tertiary/aromatic N) is 3. The highest BCUT2D eigenvalue weighted by Crippen LogP contribution is 2.13. The van der Waals surface area contributed by atoms with E-state index in [1.807, 2.05) is 0 Å². The Bertz CT molecular complexity index is 357. The number of hydrogen-bond acceptors (Lipinski definition) is 2. The van der Waals surface area contributed by atoms with Crippen LogP contribution in [0.5, 0.6) is 0 Å². The molecule has 12 heavy (non-hydrogen) atoms. The van der Waals surface area contributed by atoms with Crippen molar-refractivity contribution >= 4 is 18.5 Å². The molecule has 1 amide bonds. The van der Waals surface area contributed by atoms with Crippen LogP contribution in [-0.2, 0) is 0 Å². The van der Waals surface area contributed by atoms with Gasteiger partial charge in [-0.3, -0.25) is 4.79 Å². The summed E-state index contributed by atoms with van der Waals surface area (Å²) in [5.74, 6) is -0.608. The zero-order valence-electron chi connectivity index (χ0n) is 6.01. The van der Waals surface area contributed by atoms with Crippen LogP contribution in [0.2, 0.25) is 0 Å². The molecule has 0 unspecified atom stereocenters. The molecule has 0 heterocycles. The predicted molar refractivity (Wildman–Crippen MR) is 47.2 cm³/mol. The van der Waals surface area contributed by atoms with E-state index in [-0.39, 0.29) is 0 Å². The van der Waals surface area contributed by atoms with Gasteiger partial charge in [0.05, 0.1) is 0 Å². The molecule has 1 rings (SSSR count). The summed E-state index contributed by atoms with van der Waals surface area (Å²) in [7, 11) is 0. The van der Waals surface area contributed by atoms with Crippen LogP contribution >= 0.6 is 12.6 Å². The van der Waals surface area contributed by atoms with Crippen molar-refractivity contribution in [3.05, 3.63) is 40.3 Å². The number of rotatable bonds is 1. The van der Waals surface area contributed by atoms with E-state index in [1.54, 1.807) is 24.3 Å². The van der Waals surface area contributed by atoms with Crippen molar-refractivity contribution in [3.63, 3.8) is 0 Å². The summed E-state index contributed by atoms with van der Waals surface area (Å²) in [5, 5.41) is 2.95. The van der Waals surface area contributed by atoms with Crippen LogP contribution in [-0.4, -0.2) is 5.91 Å². The normalized spacial score (nSPS) is 8.75. The standard InChI is InChI=1S/C7H5N3OS/c8-10-9-7(11)5-3-1-2-4-6(5)12/h1-4,12H. The zero-order valence-corrected chi connectivity index (χ0v) is 6.90.